The number of carboxylic acid groups (broad SMARTS) is 1. The topological polar surface area (TPSA) is 57.6 Å². The first-order valence-corrected chi connectivity index (χ1v) is 6.72. The minimum absolute atomic E-state index is 0.0651. The predicted molar refractivity (Wildman–Crippen MR) is 71.5 cm³/mol. The Balaban J connectivity index is 1.89. The van der Waals surface area contributed by atoms with Gasteiger partial charge in [0.2, 0.25) is 5.91 Å². The number of carbonyl (C=O) groups is 2. The van der Waals surface area contributed by atoms with Gasteiger partial charge >= 0.3 is 5.97 Å². The summed E-state index contributed by atoms with van der Waals surface area (Å²) in [4.78, 5) is 24.5. The van der Waals surface area contributed by atoms with Gasteiger partial charge in [0.15, 0.2) is 0 Å². The van der Waals surface area contributed by atoms with Crippen LogP contribution in [0.3, 0.4) is 0 Å². The fourth-order valence-corrected chi connectivity index (χ4v) is 2.12. The molecule has 19 heavy (non-hydrogen) atoms. The van der Waals surface area contributed by atoms with Crippen molar-refractivity contribution in [1.82, 2.24) is 4.90 Å². The van der Waals surface area contributed by atoms with Gasteiger partial charge in [-0.05, 0) is 24.8 Å². The van der Waals surface area contributed by atoms with Gasteiger partial charge in [0.25, 0.3) is 0 Å². The van der Waals surface area contributed by atoms with E-state index in [1.165, 1.54) is 0 Å². The quantitative estimate of drug-likeness (QED) is 0.820. The van der Waals surface area contributed by atoms with Crippen LogP contribution in [0, 0.1) is 0 Å². The van der Waals surface area contributed by atoms with Gasteiger partial charge in [-0.1, -0.05) is 30.3 Å². The lowest BCUT2D eigenvalue weighted by atomic mass is 10.1. The summed E-state index contributed by atoms with van der Waals surface area (Å²) >= 11 is 0. The van der Waals surface area contributed by atoms with Gasteiger partial charge in [0, 0.05) is 25.4 Å². The number of hydrogen-bond acceptors (Lipinski definition) is 2. The second kappa shape index (κ2) is 6.36. The van der Waals surface area contributed by atoms with Gasteiger partial charge in [0.05, 0.1) is 0 Å². The van der Waals surface area contributed by atoms with Crippen LogP contribution in [-0.4, -0.2) is 27.9 Å². The summed E-state index contributed by atoms with van der Waals surface area (Å²) in [6.45, 7) is 0.636. The van der Waals surface area contributed by atoms with Gasteiger partial charge in [-0.3, -0.25) is 9.59 Å². The van der Waals surface area contributed by atoms with E-state index in [4.69, 9.17) is 5.11 Å². The monoisotopic (exact) mass is 261 g/mol. The molecule has 0 aliphatic heterocycles. The number of nitrogens with zero attached hydrogens (tertiary/aromatic N) is 1. The predicted octanol–water partition coefficient (Wildman–Crippen LogP) is 2.43. The molecule has 4 nitrogen and oxygen atoms in total. The highest BCUT2D eigenvalue weighted by molar-refractivity contribution is 5.77. The zero-order chi connectivity index (χ0) is 13.7. The highest BCUT2D eigenvalue weighted by Crippen LogP contribution is 2.29. The van der Waals surface area contributed by atoms with E-state index in [9.17, 15) is 9.59 Å². The summed E-state index contributed by atoms with van der Waals surface area (Å²) in [5.74, 6) is -0.763. The van der Waals surface area contributed by atoms with Crippen LogP contribution in [0.15, 0.2) is 30.3 Å². The first-order valence-electron chi connectivity index (χ1n) is 6.72. The molecule has 0 spiro atoms. The average Bonchev–Trinajstić information content (AvgIpc) is 3.21. The lowest BCUT2D eigenvalue weighted by molar-refractivity contribution is -0.137. The Labute approximate surface area is 113 Å². The molecule has 0 bridgehead atoms. The van der Waals surface area contributed by atoms with Crippen LogP contribution in [0.1, 0.15) is 37.7 Å². The second-order valence-electron chi connectivity index (χ2n) is 4.99. The third kappa shape index (κ3) is 4.39. The number of amides is 1. The standard InChI is InChI=1S/C15H19NO3/c17-14(7-4-8-15(18)19)16(13-9-10-13)11-12-5-2-1-3-6-12/h1-3,5-6,13H,4,7-11H2,(H,18,19). The van der Waals surface area contributed by atoms with E-state index < -0.39 is 5.97 Å². The van der Waals surface area contributed by atoms with E-state index in [-0.39, 0.29) is 12.3 Å². The van der Waals surface area contributed by atoms with Crippen LogP contribution in [0.25, 0.3) is 0 Å². The minimum Gasteiger partial charge on any atom is -0.481 e. The van der Waals surface area contributed by atoms with Crippen molar-refractivity contribution in [3.63, 3.8) is 0 Å². The summed E-state index contributed by atoms with van der Waals surface area (Å²) < 4.78 is 0. The molecule has 1 fully saturated rings. The van der Waals surface area contributed by atoms with Gasteiger partial charge in [0.1, 0.15) is 0 Å². The fourth-order valence-electron chi connectivity index (χ4n) is 2.12. The Hall–Kier alpha value is -1.84. The van der Waals surface area contributed by atoms with Crippen molar-refractivity contribution in [2.24, 2.45) is 0 Å². The smallest absolute Gasteiger partial charge is 0.303 e. The lowest BCUT2D eigenvalue weighted by Gasteiger charge is -2.22. The molecule has 2 rings (SSSR count). The fraction of sp³-hybridized carbons (Fsp3) is 0.467. The molecule has 0 atom stereocenters. The van der Waals surface area contributed by atoms with E-state index in [0.717, 1.165) is 18.4 Å². The summed E-state index contributed by atoms with van der Waals surface area (Å²) in [7, 11) is 0. The summed E-state index contributed by atoms with van der Waals surface area (Å²) in [6, 6.07) is 10.3. The third-order valence-electron chi connectivity index (χ3n) is 3.29. The van der Waals surface area contributed by atoms with Gasteiger partial charge in [-0.2, -0.15) is 0 Å². The van der Waals surface area contributed by atoms with E-state index in [2.05, 4.69) is 0 Å². The maximum absolute atomic E-state index is 12.1. The molecule has 1 amide bonds. The number of rotatable bonds is 7. The van der Waals surface area contributed by atoms with Crippen LogP contribution in [0.2, 0.25) is 0 Å². The van der Waals surface area contributed by atoms with E-state index in [0.29, 0.717) is 25.4 Å². The molecule has 0 saturated heterocycles. The molecule has 0 aromatic heterocycles. The zero-order valence-electron chi connectivity index (χ0n) is 10.9. The highest BCUT2D eigenvalue weighted by atomic mass is 16.4. The molecule has 0 radical (unpaired) electrons. The van der Waals surface area contributed by atoms with Crippen LogP contribution < -0.4 is 0 Å². The van der Waals surface area contributed by atoms with Gasteiger partial charge < -0.3 is 10.0 Å². The van der Waals surface area contributed by atoms with E-state index >= 15 is 0 Å². The lowest BCUT2D eigenvalue weighted by Crippen LogP contribution is -2.32. The molecular weight excluding hydrogens is 242 g/mol. The summed E-state index contributed by atoms with van der Waals surface area (Å²) in [6.07, 6.45) is 2.95. The van der Waals surface area contributed by atoms with Crippen molar-refractivity contribution in [2.75, 3.05) is 0 Å². The number of benzene rings is 1. The Kier molecular flexibility index (Phi) is 4.55. The van der Waals surface area contributed by atoms with Crippen LogP contribution in [-0.2, 0) is 16.1 Å². The molecule has 0 unspecified atom stereocenters. The SMILES string of the molecule is O=C(O)CCCC(=O)N(Cc1ccccc1)C1CC1. The van der Waals surface area contributed by atoms with E-state index in [1.807, 2.05) is 35.2 Å². The molecule has 0 heterocycles. The Bertz CT molecular complexity index is 440. The first kappa shape index (κ1) is 13.6. The van der Waals surface area contributed by atoms with Gasteiger partial charge in [-0.15, -0.1) is 0 Å². The minimum atomic E-state index is -0.839. The third-order valence-corrected chi connectivity index (χ3v) is 3.29. The van der Waals surface area contributed by atoms with Crippen molar-refractivity contribution in [1.29, 1.82) is 0 Å². The highest BCUT2D eigenvalue weighted by Gasteiger charge is 2.32. The number of aliphatic carboxylic acids is 1. The van der Waals surface area contributed by atoms with Crippen molar-refractivity contribution in [2.45, 2.75) is 44.7 Å². The molecule has 1 aliphatic rings. The summed E-state index contributed by atoms with van der Waals surface area (Å²) in [5.41, 5.74) is 1.13. The Morgan fingerprint density at radius 1 is 1.16 bits per heavy atom. The average molecular weight is 261 g/mol. The van der Waals surface area contributed by atoms with Crippen molar-refractivity contribution >= 4 is 11.9 Å². The first-order chi connectivity index (χ1) is 9.16. The van der Waals surface area contributed by atoms with Crippen LogP contribution in [0.4, 0.5) is 0 Å². The summed E-state index contributed by atoms with van der Waals surface area (Å²) in [5, 5.41) is 8.60. The van der Waals surface area contributed by atoms with Crippen LogP contribution >= 0.6 is 0 Å². The second-order valence-corrected chi connectivity index (χ2v) is 4.99. The number of carbonyl (C=O) groups excluding carboxylic acids is 1. The molecule has 1 saturated carbocycles. The maximum atomic E-state index is 12.1. The van der Waals surface area contributed by atoms with Crippen LogP contribution in [0.5, 0.6) is 0 Å². The van der Waals surface area contributed by atoms with Crippen molar-refractivity contribution in [3.8, 4) is 0 Å². The van der Waals surface area contributed by atoms with Gasteiger partial charge in [-0.25, -0.2) is 0 Å². The van der Waals surface area contributed by atoms with Crippen molar-refractivity contribution < 1.29 is 14.7 Å². The molecule has 1 aromatic carbocycles. The maximum Gasteiger partial charge on any atom is 0.303 e. The molecule has 1 N–H and O–H groups in total. The molecule has 102 valence electrons. The van der Waals surface area contributed by atoms with E-state index in [1.54, 1.807) is 0 Å². The number of hydrogen-bond donors (Lipinski definition) is 1. The van der Waals surface area contributed by atoms with Crippen molar-refractivity contribution in [3.05, 3.63) is 35.9 Å². The molecule has 4 heteroatoms. The zero-order valence-corrected chi connectivity index (χ0v) is 10.9. The molecule has 1 aliphatic carbocycles. The Morgan fingerprint density at radius 2 is 1.84 bits per heavy atom. The largest absolute Gasteiger partial charge is 0.481 e. The number of carboxylic acids is 1. The normalized spacial score (nSPS) is 14.1. The molecule has 1 aromatic rings. The Morgan fingerprint density at radius 3 is 2.42 bits per heavy atom. The molecular formula is C15H19NO3.